The minimum atomic E-state index is -0.287. The molecular formula is C16H19N3O2. The topological polar surface area (TPSA) is 64.0 Å². The Kier molecular flexibility index (Phi) is 3.99. The monoisotopic (exact) mass is 285 g/mol. The lowest BCUT2D eigenvalue weighted by atomic mass is 9.87. The number of aromatic nitrogens is 2. The number of carbonyl (C=O) groups excluding carboxylic acids is 1. The first-order valence-electron chi connectivity index (χ1n) is 7.51. The zero-order chi connectivity index (χ0) is 14.7. The van der Waals surface area contributed by atoms with Crippen LogP contribution in [0.5, 0.6) is 0 Å². The molecule has 1 heterocycles. The first-order chi connectivity index (χ1) is 10.2. The smallest absolute Gasteiger partial charge is 0.273 e. The van der Waals surface area contributed by atoms with Crippen molar-refractivity contribution in [2.24, 2.45) is 5.92 Å². The number of fused-ring (bicyclic) bond motifs is 1. The van der Waals surface area contributed by atoms with Crippen LogP contribution in [0.25, 0.3) is 10.8 Å². The SMILES string of the molecule is O=C(CC1CCCCC1)Nn1ncc2ccccc2c1=O. The highest BCUT2D eigenvalue weighted by atomic mass is 16.2. The third-order valence-electron chi connectivity index (χ3n) is 4.13. The lowest BCUT2D eigenvalue weighted by Gasteiger charge is -2.20. The summed E-state index contributed by atoms with van der Waals surface area (Å²) in [5.41, 5.74) is 2.32. The van der Waals surface area contributed by atoms with Crippen molar-refractivity contribution in [3.05, 3.63) is 40.8 Å². The molecular weight excluding hydrogens is 266 g/mol. The molecule has 1 aliphatic rings. The van der Waals surface area contributed by atoms with Gasteiger partial charge in [-0.05, 0) is 24.8 Å². The van der Waals surface area contributed by atoms with Crippen LogP contribution in [0.4, 0.5) is 0 Å². The van der Waals surface area contributed by atoms with E-state index in [1.54, 1.807) is 18.3 Å². The van der Waals surface area contributed by atoms with Gasteiger partial charge in [-0.1, -0.05) is 37.5 Å². The Morgan fingerprint density at radius 2 is 2.00 bits per heavy atom. The van der Waals surface area contributed by atoms with E-state index in [2.05, 4.69) is 10.5 Å². The number of amides is 1. The molecule has 0 unspecified atom stereocenters. The molecule has 5 nitrogen and oxygen atoms in total. The fourth-order valence-electron chi connectivity index (χ4n) is 2.99. The van der Waals surface area contributed by atoms with Gasteiger partial charge in [-0.15, -0.1) is 4.79 Å². The molecule has 5 heteroatoms. The molecule has 1 aliphatic carbocycles. The quantitative estimate of drug-likeness (QED) is 0.942. The van der Waals surface area contributed by atoms with E-state index < -0.39 is 0 Å². The van der Waals surface area contributed by atoms with Gasteiger partial charge in [0.1, 0.15) is 0 Å². The van der Waals surface area contributed by atoms with E-state index in [-0.39, 0.29) is 11.5 Å². The van der Waals surface area contributed by atoms with Crippen molar-refractivity contribution in [3.63, 3.8) is 0 Å². The summed E-state index contributed by atoms with van der Waals surface area (Å²) in [7, 11) is 0. The maximum Gasteiger partial charge on any atom is 0.294 e. The van der Waals surface area contributed by atoms with Crippen molar-refractivity contribution in [1.29, 1.82) is 0 Å². The normalized spacial score (nSPS) is 16.0. The lowest BCUT2D eigenvalue weighted by Crippen LogP contribution is -2.35. The Hall–Kier alpha value is -2.17. The second kappa shape index (κ2) is 6.08. The van der Waals surface area contributed by atoms with Crippen molar-refractivity contribution < 1.29 is 4.79 Å². The average molecular weight is 285 g/mol. The van der Waals surface area contributed by atoms with Gasteiger partial charge < -0.3 is 0 Å². The Morgan fingerprint density at radius 1 is 1.24 bits per heavy atom. The van der Waals surface area contributed by atoms with Crippen molar-refractivity contribution in [2.75, 3.05) is 5.43 Å². The number of hydrogen-bond acceptors (Lipinski definition) is 3. The van der Waals surface area contributed by atoms with Gasteiger partial charge in [0.25, 0.3) is 5.56 Å². The highest BCUT2D eigenvalue weighted by molar-refractivity contribution is 5.85. The van der Waals surface area contributed by atoms with Crippen LogP contribution in [0.15, 0.2) is 35.3 Å². The van der Waals surface area contributed by atoms with Gasteiger partial charge in [0.05, 0.1) is 11.6 Å². The molecule has 1 aromatic heterocycles. The van der Waals surface area contributed by atoms with Crippen molar-refractivity contribution in [1.82, 2.24) is 9.89 Å². The molecule has 3 rings (SSSR count). The molecule has 110 valence electrons. The number of carbonyl (C=O) groups is 1. The third kappa shape index (κ3) is 3.12. The van der Waals surface area contributed by atoms with Crippen molar-refractivity contribution in [3.8, 4) is 0 Å². The Morgan fingerprint density at radius 3 is 2.81 bits per heavy atom. The molecule has 1 N–H and O–H groups in total. The largest absolute Gasteiger partial charge is 0.294 e. The summed E-state index contributed by atoms with van der Waals surface area (Å²) in [6.45, 7) is 0. The van der Waals surface area contributed by atoms with E-state index in [0.717, 1.165) is 23.0 Å². The van der Waals surface area contributed by atoms with Gasteiger partial charge in [0.2, 0.25) is 5.91 Å². The van der Waals surface area contributed by atoms with E-state index in [0.29, 0.717) is 17.7 Å². The van der Waals surface area contributed by atoms with E-state index in [1.807, 2.05) is 12.1 Å². The first-order valence-corrected chi connectivity index (χ1v) is 7.51. The van der Waals surface area contributed by atoms with Gasteiger partial charge in [-0.25, -0.2) is 5.43 Å². The van der Waals surface area contributed by atoms with Crippen molar-refractivity contribution in [2.45, 2.75) is 38.5 Å². The fraction of sp³-hybridized carbons (Fsp3) is 0.438. The summed E-state index contributed by atoms with van der Waals surface area (Å²) in [5, 5.41) is 5.35. The van der Waals surface area contributed by atoms with Gasteiger partial charge >= 0.3 is 0 Å². The van der Waals surface area contributed by atoms with Crippen LogP contribution in [0.2, 0.25) is 0 Å². The number of hydrogen-bond donors (Lipinski definition) is 1. The van der Waals surface area contributed by atoms with Crippen LogP contribution in [0.3, 0.4) is 0 Å². The Balaban J connectivity index is 1.73. The van der Waals surface area contributed by atoms with E-state index >= 15 is 0 Å². The van der Waals surface area contributed by atoms with Gasteiger partial charge in [-0.2, -0.15) is 5.10 Å². The number of benzene rings is 1. The third-order valence-corrected chi connectivity index (χ3v) is 4.13. The van der Waals surface area contributed by atoms with Crippen LogP contribution in [0.1, 0.15) is 38.5 Å². The summed E-state index contributed by atoms with van der Waals surface area (Å²) in [5.74, 6) is 0.307. The zero-order valence-electron chi connectivity index (χ0n) is 11.9. The summed E-state index contributed by atoms with van der Waals surface area (Å²) in [6, 6.07) is 7.23. The van der Waals surface area contributed by atoms with Crippen LogP contribution in [-0.4, -0.2) is 15.8 Å². The predicted molar refractivity (Wildman–Crippen MR) is 81.6 cm³/mol. The molecule has 1 saturated carbocycles. The zero-order valence-corrected chi connectivity index (χ0v) is 11.9. The van der Waals surface area contributed by atoms with Gasteiger partial charge in [0.15, 0.2) is 0 Å². The summed E-state index contributed by atoms with van der Waals surface area (Å²) in [4.78, 5) is 25.3. The second-order valence-electron chi connectivity index (χ2n) is 5.69. The lowest BCUT2D eigenvalue weighted by molar-refractivity contribution is -0.118. The van der Waals surface area contributed by atoms with Crippen LogP contribution in [0, 0.1) is 5.92 Å². The molecule has 2 aromatic rings. The first kappa shape index (κ1) is 13.8. The van der Waals surface area contributed by atoms with Crippen LogP contribution in [-0.2, 0) is 4.79 Å². The molecule has 0 spiro atoms. The molecule has 0 aliphatic heterocycles. The minimum Gasteiger partial charge on any atom is -0.273 e. The van der Waals surface area contributed by atoms with E-state index in [4.69, 9.17) is 0 Å². The summed E-state index contributed by atoms with van der Waals surface area (Å²) in [6.07, 6.45) is 7.95. The van der Waals surface area contributed by atoms with Crippen molar-refractivity contribution >= 4 is 16.7 Å². The average Bonchev–Trinajstić information content (AvgIpc) is 2.51. The predicted octanol–water partition coefficient (Wildman–Crippen LogP) is 2.44. The fourth-order valence-corrected chi connectivity index (χ4v) is 2.99. The molecule has 21 heavy (non-hydrogen) atoms. The van der Waals surface area contributed by atoms with Gasteiger partial charge in [-0.3, -0.25) is 9.59 Å². The Bertz CT molecular complexity index is 702. The second-order valence-corrected chi connectivity index (χ2v) is 5.69. The number of rotatable bonds is 3. The van der Waals surface area contributed by atoms with Crippen LogP contribution < -0.4 is 11.0 Å². The number of nitrogens with one attached hydrogen (secondary N) is 1. The molecule has 1 fully saturated rings. The van der Waals surface area contributed by atoms with E-state index in [9.17, 15) is 9.59 Å². The molecule has 0 saturated heterocycles. The summed E-state index contributed by atoms with van der Waals surface area (Å²) >= 11 is 0. The Labute approximate surface area is 122 Å². The summed E-state index contributed by atoms with van der Waals surface area (Å²) < 4.78 is 0. The number of nitrogens with zero attached hydrogens (tertiary/aromatic N) is 2. The molecule has 1 amide bonds. The molecule has 0 bridgehead atoms. The van der Waals surface area contributed by atoms with Gasteiger partial charge in [0, 0.05) is 11.8 Å². The van der Waals surface area contributed by atoms with Crippen LogP contribution >= 0.6 is 0 Å². The molecule has 0 radical (unpaired) electrons. The maximum absolute atomic E-state index is 12.2. The van der Waals surface area contributed by atoms with E-state index in [1.165, 1.54) is 19.3 Å². The highest BCUT2D eigenvalue weighted by Crippen LogP contribution is 2.26. The standard InChI is InChI=1S/C16H19N3O2/c20-15(10-12-6-2-1-3-7-12)18-19-16(21)14-9-5-4-8-13(14)11-17-19/h4-5,8-9,11-12H,1-3,6-7,10H2,(H,18,20). The maximum atomic E-state index is 12.2. The molecule has 0 atom stereocenters. The molecule has 1 aromatic carbocycles. The highest BCUT2D eigenvalue weighted by Gasteiger charge is 2.17. The minimum absolute atomic E-state index is 0.133.